The zero-order valence-corrected chi connectivity index (χ0v) is 12.7. The van der Waals surface area contributed by atoms with Gasteiger partial charge in [0.25, 0.3) is 5.91 Å². The van der Waals surface area contributed by atoms with Gasteiger partial charge < -0.3 is 15.5 Å². The van der Waals surface area contributed by atoms with Gasteiger partial charge in [0.2, 0.25) is 0 Å². The van der Waals surface area contributed by atoms with E-state index >= 15 is 0 Å². The van der Waals surface area contributed by atoms with Gasteiger partial charge in [-0.05, 0) is 23.3 Å². The van der Waals surface area contributed by atoms with E-state index in [9.17, 15) is 19.8 Å². The summed E-state index contributed by atoms with van der Waals surface area (Å²) in [5, 5.41) is 30.4. The molecule has 0 aromatic heterocycles. The Kier molecular flexibility index (Phi) is 5.66. The Bertz CT molecular complexity index is 751. The van der Waals surface area contributed by atoms with Gasteiger partial charge in [0.1, 0.15) is 6.04 Å². The van der Waals surface area contributed by atoms with Crippen molar-refractivity contribution in [3.8, 4) is 6.07 Å². The molecule has 2 atom stereocenters. The Morgan fingerprint density at radius 1 is 1.08 bits per heavy atom. The quantitative estimate of drug-likeness (QED) is 0.744. The highest BCUT2D eigenvalue weighted by molar-refractivity contribution is 5.87. The summed E-state index contributed by atoms with van der Waals surface area (Å²) in [6.07, 6.45) is -1.39. The number of aliphatic hydroxyl groups is 1. The maximum absolute atomic E-state index is 12.1. The molecule has 0 aliphatic rings. The van der Waals surface area contributed by atoms with Crippen LogP contribution in [0.4, 0.5) is 0 Å². The van der Waals surface area contributed by atoms with Crippen LogP contribution in [-0.2, 0) is 16.0 Å². The molecule has 3 N–H and O–H groups in total. The van der Waals surface area contributed by atoms with E-state index in [-0.39, 0.29) is 6.42 Å². The van der Waals surface area contributed by atoms with Crippen LogP contribution >= 0.6 is 0 Å². The van der Waals surface area contributed by atoms with Crippen molar-refractivity contribution in [2.75, 3.05) is 0 Å². The number of nitrogens with zero attached hydrogens (tertiary/aromatic N) is 1. The Morgan fingerprint density at radius 3 is 2.25 bits per heavy atom. The van der Waals surface area contributed by atoms with Gasteiger partial charge in [0.15, 0.2) is 6.10 Å². The summed E-state index contributed by atoms with van der Waals surface area (Å²) in [4.78, 5) is 23.5. The third-order valence-electron chi connectivity index (χ3n) is 3.50. The molecule has 2 aromatic rings. The maximum Gasteiger partial charge on any atom is 0.326 e. The van der Waals surface area contributed by atoms with Crippen molar-refractivity contribution in [3.05, 3.63) is 71.3 Å². The molecule has 1 amide bonds. The molecule has 0 saturated heterocycles. The van der Waals surface area contributed by atoms with E-state index in [0.29, 0.717) is 16.7 Å². The van der Waals surface area contributed by atoms with E-state index < -0.39 is 24.0 Å². The number of hydrogen-bond acceptors (Lipinski definition) is 4. The number of nitriles is 1. The molecule has 122 valence electrons. The fourth-order valence-electron chi connectivity index (χ4n) is 2.19. The van der Waals surface area contributed by atoms with E-state index in [1.807, 2.05) is 6.07 Å². The fourth-order valence-corrected chi connectivity index (χ4v) is 2.19. The molecule has 2 aromatic carbocycles. The standard InChI is InChI=1S/C18H16N2O4/c19-11-13-8-6-12(7-9-13)10-15(18(23)24)20-17(22)16(21)14-4-2-1-3-5-14/h1-9,15-16,21H,10H2,(H,20,22)(H,23,24)/t15-,16-/m0/s1. The number of carboxylic acids is 1. The summed E-state index contributed by atoms with van der Waals surface area (Å²) in [7, 11) is 0. The normalized spacial score (nSPS) is 12.7. The molecule has 0 fully saturated rings. The van der Waals surface area contributed by atoms with Crippen molar-refractivity contribution >= 4 is 11.9 Å². The van der Waals surface area contributed by atoms with Gasteiger partial charge >= 0.3 is 5.97 Å². The van der Waals surface area contributed by atoms with Crippen LogP contribution in [0, 0.1) is 11.3 Å². The molecule has 0 unspecified atom stereocenters. The number of aliphatic carboxylic acids is 1. The van der Waals surface area contributed by atoms with Crippen LogP contribution < -0.4 is 5.32 Å². The average molecular weight is 324 g/mol. The van der Waals surface area contributed by atoms with Crippen molar-refractivity contribution in [2.45, 2.75) is 18.6 Å². The van der Waals surface area contributed by atoms with Crippen LogP contribution in [0.2, 0.25) is 0 Å². The average Bonchev–Trinajstić information content (AvgIpc) is 2.61. The van der Waals surface area contributed by atoms with Crippen LogP contribution in [0.25, 0.3) is 0 Å². The topological polar surface area (TPSA) is 110 Å². The summed E-state index contributed by atoms with van der Waals surface area (Å²) >= 11 is 0. The van der Waals surface area contributed by atoms with Gasteiger partial charge in [-0.2, -0.15) is 5.26 Å². The Labute approximate surface area is 139 Å². The predicted molar refractivity (Wildman–Crippen MR) is 85.8 cm³/mol. The number of rotatable bonds is 6. The zero-order valence-electron chi connectivity index (χ0n) is 12.7. The summed E-state index contributed by atoms with van der Waals surface area (Å²) in [6.45, 7) is 0. The minimum atomic E-state index is -1.44. The lowest BCUT2D eigenvalue weighted by Crippen LogP contribution is -2.44. The van der Waals surface area contributed by atoms with Crippen LogP contribution in [0.1, 0.15) is 22.8 Å². The summed E-state index contributed by atoms with van der Waals surface area (Å²) in [6, 6.07) is 15.5. The van der Waals surface area contributed by atoms with Crippen molar-refractivity contribution < 1.29 is 19.8 Å². The summed E-state index contributed by atoms with van der Waals surface area (Å²) in [5.41, 5.74) is 1.52. The lowest BCUT2D eigenvalue weighted by Gasteiger charge is -2.17. The highest BCUT2D eigenvalue weighted by Gasteiger charge is 2.25. The van der Waals surface area contributed by atoms with Crippen LogP contribution in [-0.4, -0.2) is 28.1 Å². The predicted octanol–water partition coefficient (Wildman–Crippen LogP) is 1.40. The highest BCUT2D eigenvalue weighted by Crippen LogP contribution is 2.13. The number of benzene rings is 2. The third kappa shape index (κ3) is 4.41. The molecule has 0 heterocycles. The number of nitrogens with one attached hydrogen (secondary N) is 1. The molecule has 24 heavy (non-hydrogen) atoms. The van der Waals surface area contributed by atoms with Crippen molar-refractivity contribution in [1.29, 1.82) is 5.26 Å². The molecule has 0 saturated carbocycles. The van der Waals surface area contributed by atoms with Crippen molar-refractivity contribution in [1.82, 2.24) is 5.32 Å². The van der Waals surface area contributed by atoms with Crippen LogP contribution in [0.3, 0.4) is 0 Å². The second-order valence-corrected chi connectivity index (χ2v) is 5.23. The first-order valence-corrected chi connectivity index (χ1v) is 7.26. The Balaban J connectivity index is 2.06. The first-order valence-electron chi connectivity index (χ1n) is 7.26. The van der Waals surface area contributed by atoms with E-state index in [2.05, 4.69) is 5.32 Å². The summed E-state index contributed by atoms with van der Waals surface area (Å²) in [5.74, 6) is -1.98. The van der Waals surface area contributed by atoms with Gasteiger partial charge in [-0.15, -0.1) is 0 Å². The Hall–Kier alpha value is -3.17. The smallest absolute Gasteiger partial charge is 0.326 e. The minimum absolute atomic E-state index is 0.0499. The number of carbonyl (C=O) groups is 2. The molecule has 0 spiro atoms. The molecule has 6 heteroatoms. The number of aliphatic hydroxyl groups excluding tert-OH is 1. The minimum Gasteiger partial charge on any atom is -0.480 e. The van der Waals surface area contributed by atoms with E-state index in [1.54, 1.807) is 54.6 Å². The van der Waals surface area contributed by atoms with Crippen LogP contribution in [0.5, 0.6) is 0 Å². The van der Waals surface area contributed by atoms with Gasteiger partial charge in [-0.25, -0.2) is 4.79 Å². The zero-order chi connectivity index (χ0) is 17.5. The second kappa shape index (κ2) is 7.90. The lowest BCUT2D eigenvalue weighted by molar-refractivity contribution is -0.143. The number of carboxylic acid groups (broad SMARTS) is 1. The largest absolute Gasteiger partial charge is 0.480 e. The van der Waals surface area contributed by atoms with Gasteiger partial charge in [0.05, 0.1) is 11.6 Å². The van der Waals surface area contributed by atoms with E-state index in [4.69, 9.17) is 5.26 Å². The van der Waals surface area contributed by atoms with E-state index in [1.165, 1.54) is 0 Å². The van der Waals surface area contributed by atoms with Crippen LogP contribution in [0.15, 0.2) is 54.6 Å². The fraction of sp³-hybridized carbons (Fsp3) is 0.167. The molecular weight excluding hydrogens is 308 g/mol. The van der Waals surface area contributed by atoms with E-state index in [0.717, 1.165) is 0 Å². The van der Waals surface area contributed by atoms with Gasteiger partial charge in [-0.1, -0.05) is 42.5 Å². The Morgan fingerprint density at radius 2 is 1.71 bits per heavy atom. The summed E-state index contributed by atoms with van der Waals surface area (Å²) < 4.78 is 0. The highest BCUT2D eigenvalue weighted by atomic mass is 16.4. The third-order valence-corrected chi connectivity index (χ3v) is 3.50. The molecule has 2 rings (SSSR count). The second-order valence-electron chi connectivity index (χ2n) is 5.23. The van der Waals surface area contributed by atoms with Gasteiger partial charge in [0, 0.05) is 6.42 Å². The molecule has 0 bridgehead atoms. The van der Waals surface area contributed by atoms with Gasteiger partial charge in [-0.3, -0.25) is 4.79 Å². The molecular formula is C18H16N2O4. The molecule has 0 radical (unpaired) electrons. The first-order chi connectivity index (χ1) is 11.5. The van der Waals surface area contributed by atoms with Crippen molar-refractivity contribution in [3.63, 3.8) is 0 Å². The number of amides is 1. The maximum atomic E-state index is 12.1. The number of hydrogen-bond donors (Lipinski definition) is 3. The monoisotopic (exact) mass is 324 g/mol. The molecule has 0 aliphatic carbocycles. The molecule has 0 aliphatic heterocycles. The first kappa shape index (κ1) is 17.2. The lowest BCUT2D eigenvalue weighted by atomic mass is 10.0. The SMILES string of the molecule is N#Cc1ccc(C[C@H](NC(=O)[C@@H](O)c2ccccc2)C(=O)O)cc1. The van der Waals surface area contributed by atoms with Crippen molar-refractivity contribution in [2.24, 2.45) is 0 Å². The molecule has 6 nitrogen and oxygen atoms in total. The number of carbonyl (C=O) groups excluding carboxylic acids is 1.